The Labute approximate surface area is 179 Å². The van der Waals surface area contributed by atoms with E-state index in [1.807, 2.05) is 0 Å². The molecular formula is C20H27FN6O2S. The zero-order valence-corrected chi connectivity index (χ0v) is 17.9. The van der Waals surface area contributed by atoms with E-state index in [0.717, 1.165) is 56.3 Å². The standard InChI is InChI=1S/C20H27FN6O2S/c1-29-17-12-14(6-7-16(17)21)13-26-8-10-27(11-9-26)20-25-24-19(30-20)23-18(28)22-15-4-2-3-5-15/h6-7,12,15H,2-5,8-11,13H2,1H3,(H2,22,23,24,28). The molecule has 2 aliphatic rings. The molecule has 2 N–H and O–H groups in total. The SMILES string of the molecule is COc1cc(CN2CCN(c3nnc(NC(=O)NC4CCCC4)s3)CC2)ccc1F. The second-order valence-corrected chi connectivity index (χ2v) is 8.66. The minimum atomic E-state index is -0.344. The lowest BCUT2D eigenvalue weighted by Gasteiger charge is -2.34. The molecule has 0 unspecified atom stereocenters. The van der Waals surface area contributed by atoms with Crippen LogP contribution in [0.2, 0.25) is 0 Å². The maximum Gasteiger partial charge on any atom is 0.321 e. The Morgan fingerprint density at radius 3 is 2.73 bits per heavy atom. The molecule has 8 nitrogen and oxygen atoms in total. The zero-order valence-electron chi connectivity index (χ0n) is 17.1. The summed E-state index contributed by atoms with van der Waals surface area (Å²) in [7, 11) is 1.48. The molecule has 162 valence electrons. The van der Waals surface area contributed by atoms with E-state index in [-0.39, 0.29) is 23.6 Å². The molecule has 1 aliphatic carbocycles. The van der Waals surface area contributed by atoms with Gasteiger partial charge in [-0.25, -0.2) is 9.18 Å². The average molecular weight is 435 g/mol. The van der Waals surface area contributed by atoms with E-state index in [0.29, 0.717) is 5.13 Å². The highest BCUT2D eigenvalue weighted by atomic mass is 32.1. The van der Waals surface area contributed by atoms with Gasteiger partial charge in [0.15, 0.2) is 11.6 Å². The Kier molecular flexibility index (Phi) is 6.63. The smallest absolute Gasteiger partial charge is 0.321 e. The highest BCUT2D eigenvalue weighted by Crippen LogP contribution is 2.26. The molecule has 4 rings (SSSR count). The third-order valence-corrected chi connectivity index (χ3v) is 6.49. The van der Waals surface area contributed by atoms with Gasteiger partial charge >= 0.3 is 6.03 Å². The van der Waals surface area contributed by atoms with Crippen LogP contribution in [0.3, 0.4) is 0 Å². The molecule has 1 aliphatic heterocycles. The van der Waals surface area contributed by atoms with Gasteiger partial charge in [0.1, 0.15) is 0 Å². The monoisotopic (exact) mass is 434 g/mol. The maximum atomic E-state index is 13.6. The van der Waals surface area contributed by atoms with Gasteiger partial charge in [-0.3, -0.25) is 10.2 Å². The van der Waals surface area contributed by atoms with Crippen molar-refractivity contribution in [1.29, 1.82) is 0 Å². The van der Waals surface area contributed by atoms with E-state index < -0.39 is 0 Å². The van der Waals surface area contributed by atoms with Crippen LogP contribution in [0.15, 0.2) is 18.2 Å². The molecule has 0 radical (unpaired) electrons. The van der Waals surface area contributed by atoms with Crippen molar-refractivity contribution in [2.24, 2.45) is 0 Å². The van der Waals surface area contributed by atoms with Crippen LogP contribution in [0.5, 0.6) is 5.75 Å². The second-order valence-electron chi connectivity index (χ2n) is 7.70. The van der Waals surface area contributed by atoms with Crippen molar-refractivity contribution in [1.82, 2.24) is 20.4 Å². The van der Waals surface area contributed by atoms with Crippen LogP contribution in [0, 0.1) is 5.82 Å². The number of anilines is 2. The number of aromatic nitrogens is 2. The fraction of sp³-hybridized carbons (Fsp3) is 0.550. The van der Waals surface area contributed by atoms with Crippen molar-refractivity contribution in [2.75, 3.05) is 43.5 Å². The fourth-order valence-electron chi connectivity index (χ4n) is 3.94. The third kappa shape index (κ3) is 5.17. The molecule has 0 spiro atoms. The molecule has 2 aromatic rings. The van der Waals surface area contributed by atoms with E-state index in [2.05, 4.69) is 30.6 Å². The lowest BCUT2D eigenvalue weighted by atomic mass is 10.2. The van der Waals surface area contributed by atoms with Crippen molar-refractivity contribution in [3.8, 4) is 5.75 Å². The molecule has 2 fully saturated rings. The number of nitrogens with zero attached hydrogens (tertiary/aromatic N) is 4. The molecule has 2 amide bonds. The van der Waals surface area contributed by atoms with Gasteiger partial charge in [-0.1, -0.05) is 30.2 Å². The quantitative estimate of drug-likeness (QED) is 0.727. The number of ether oxygens (including phenoxy) is 1. The Morgan fingerprint density at radius 2 is 2.00 bits per heavy atom. The van der Waals surface area contributed by atoms with Gasteiger partial charge in [0.05, 0.1) is 7.11 Å². The molecule has 30 heavy (non-hydrogen) atoms. The van der Waals surface area contributed by atoms with Gasteiger partial charge in [-0.2, -0.15) is 0 Å². The van der Waals surface area contributed by atoms with E-state index in [1.165, 1.54) is 37.4 Å². The number of hydrogen-bond donors (Lipinski definition) is 2. The maximum absolute atomic E-state index is 13.6. The van der Waals surface area contributed by atoms with Crippen LogP contribution in [-0.2, 0) is 6.54 Å². The number of hydrogen-bond acceptors (Lipinski definition) is 7. The van der Waals surface area contributed by atoms with Gasteiger partial charge in [0.2, 0.25) is 10.3 Å². The van der Waals surface area contributed by atoms with Crippen molar-refractivity contribution >= 4 is 27.6 Å². The zero-order chi connectivity index (χ0) is 20.9. The molecule has 0 atom stereocenters. The number of methoxy groups -OCH3 is 1. The number of benzene rings is 1. The summed E-state index contributed by atoms with van der Waals surface area (Å²) in [6, 6.07) is 5.06. The van der Waals surface area contributed by atoms with Gasteiger partial charge in [0.25, 0.3) is 0 Å². The summed E-state index contributed by atoms with van der Waals surface area (Å²) in [5, 5.41) is 15.5. The molecule has 10 heteroatoms. The first kappa shape index (κ1) is 20.8. The van der Waals surface area contributed by atoms with E-state index >= 15 is 0 Å². The van der Waals surface area contributed by atoms with Crippen molar-refractivity contribution in [3.63, 3.8) is 0 Å². The lowest BCUT2D eigenvalue weighted by Crippen LogP contribution is -2.45. The number of carbonyl (C=O) groups excluding carboxylic acids is 1. The number of piperazine rings is 1. The van der Waals surface area contributed by atoms with Crippen LogP contribution in [0.25, 0.3) is 0 Å². The summed E-state index contributed by atoms with van der Waals surface area (Å²) in [6.07, 6.45) is 4.44. The summed E-state index contributed by atoms with van der Waals surface area (Å²) >= 11 is 1.39. The lowest BCUT2D eigenvalue weighted by molar-refractivity contribution is 0.248. The Balaban J connectivity index is 1.25. The summed E-state index contributed by atoms with van der Waals surface area (Å²) in [5.41, 5.74) is 1.03. The average Bonchev–Trinajstić information content (AvgIpc) is 3.42. The van der Waals surface area contributed by atoms with Gasteiger partial charge in [-0.15, -0.1) is 10.2 Å². The molecular weight excluding hydrogens is 407 g/mol. The van der Waals surface area contributed by atoms with Crippen LogP contribution in [0.1, 0.15) is 31.2 Å². The Bertz CT molecular complexity index is 865. The van der Waals surface area contributed by atoms with Crippen molar-refractivity contribution < 1.29 is 13.9 Å². The number of amides is 2. The van der Waals surface area contributed by atoms with Gasteiger partial charge in [-0.05, 0) is 30.5 Å². The third-order valence-electron chi connectivity index (χ3n) is 5.59. The van der Waals surface area contributed by atoms with Crippen LogP contribution in [-0.4, -0.2) is 60.5 Å². The van der Waals surface area contributed by atoms with Gasteiger partial charge in [0, 0.05) is 38.8 Å². The Morgan fingerprint density at radius 1 is 1.23 bits per heavy atom. The normalized spacial score (nSPS) is 17.9. The summed E-state index contributed by atoms with van der Waals surface area (Å²) < 4.78 is 18.6. The fourth-order valence-corrected chi connectivity index (χ4v) is 4.73. The summed E-state index contributed by atoms with van der Waals surface area (Å²) in [5.74, 6) is -0.0688. The number of nitrogens with one attached hydrogen (secondary N) is 2. The first-order valence-corrected chi connectivity index (χ1v) is 11.1. The summed E-state index contributed by atoms with van der Waals surface area (Å²) in [6.45, 7) is 4.12. The largest absolute Gasteiger partial charge is 0.494 e. The van der Waals surface area contributed by atoms with E-state index in [9.17, 15) is 9.18 Å². The highest BCUT2D eigenvalue weighted by molar-refractivity contribution is 7.19. The van der Waals surface area contributed by atoms with Crippen LogP contribution >= 0.6 is 11.3 Å². The molecule has 1 saturated carbocycles. The Hall–Kier alpha value is -2.46. The van der Waals surface area contributed by atoms with Crippen molar-refractivity contribution in [3.05, 3.63) is 29.6 Å². The number of carbonyl (C=O) groups is 1. The molecule has 1 aromatic carbocycles. The van der Waals surface area contributed by atoms with Gasteiger partial charge < -0.3 is 15.0 Å². The predicted octanol–water partition coefficient (Wildman–Crippen LogP) is 3.07. The topological polar surface area (TPSA) is 82.6 Å². The molecule has 1 saturated heterocycles. The number of urea groups is 1. The minimum absolute atomic E-state index is 0.204. The molecule has 2 heterocycles. The number of halogens is 1. The van der Waals surface area contributed by atoms with Crippen LogP contribution < -0.4 is 20.3 Å². The first-order chi connectivity index (χ1) is 14.6. The first-order valence-electron chi connectivity index (χ1n) is 10.3. The molecule has 0 bridgehead atoms. The van der Waals surface area contributed by atoms with Crippen LogP contribution in [0.4, 0.5) is 19.4 Å². The molecule has 1 aromatic heterocycles. The summed E-state index contributed by atoms with van der Waals surface area (Å²) in [4.78, 5) is 16.6. The minimum Gasteiger partial charge on any atom is -0.494 e. The predicted molar refractivity (Wildman–Crippen MR) is 115 cm³/mol. The highest BCUT2D eigenvalue weighted by Gasteiger charge is 2.22. The second kappa shape index (κ2) is 9.57. The van der Waals surface area contributed by atoms with E-state index in [4.69, 9.17) is 4.74 Å². The van der Waals surface area contributed by atoms with E-state index in [1.54, 1.807) is 12.1 Å². The number of rotatable bonds is 6. The van der Waals surface area contributed by atoms with Crippen molar-refractivity contribution in [2.45, 2.75) is 38.3 Å².